The number of halogens is 2. The highest BCUT2D eigenvalue weighted by Crippen LogP contribution is 2.33. The monoisotopic (exact) mass is 326 g/mol. The summed E-state index contributed by atoms with van der Waals surface area (Å²) >= 11 is 0. The number of carbonyl (C=O) groups is 1. The molecule has 0 aliphatic heterocycles. The predicted octanol–water partition coefficient (Wildman–Crippen LogP) is 4.05. The van der Waals surface area contributed by atoms with Gasteiger partial charge in [0.05, 0.1) is 5.69 Å². The highest BCUT2D eigenvalue weighted by molar-refractivity contribution is 5.93. The van der Waals surface area contributed by atoms with Crippen molar-refractivity contribution < 1.29 is 13.6 Å². The maximum atomic E-state index is 13.7. The van der Waals surface area contributed by atoms with Crippen molar-refractivity contribution in [3.63, 3.8) is 0 Å². The average Bonchev–Trinajstić information content (AvgIpc) is 3.14. The van der Waals surface area contributed by atoms with E-state index in [2.05, 4.69) is 11.4 Å². The van der Waals surface area contributed by atoms with E-state index in [4.69, 9.17) is 0 Å². The maximum Gasteiger partial charge on any atom is 0.244 e. The Bertz CT molecular complexity index is 946. The molecule has 0 saturated heterocycles. The molecule has 3 aromatic rings. The van der Waals surface area contributed by atoms with Crippen molar-refractivity contribution in [2.24, 2.45) is 0 Å². The van der Waals surface area contributed by atoms with Gasteiger partial charge in [0.15, 0.2) is 0 Å². The van der Waals surface area contributed by atoms with Crippen molar-refractivity contribution in [1.29, 1.82) is 0 Å². The normalized spacial score (nSPS) is 13.2. The first kappa shape index (κ1) is 14.9. The number of fused-ring (bicyclic) bond motifs is 3. The minimum atomic E-state index is -0.646. The molecular formula is C19H16F2N2O. The second-order valence-corrected chi connectivity index (χ2v) is 6.05. The fraction of sp³-hybridized carbons (Fsp3) is 0.211. The average molecular weight is 326 g/mol. The lowest BCUT2D eigenvalue weighted by atomic mass is 10.1. The largest absolute Gasteiger partial charge is 0.335 e. The number of hydrogen-bond acceptors (Lipinski definition) is 1. The van der Waals surface area contributed by atoms with Crippen LogP contribution < -0.4 is 5.32 Å². The van der Waals surface area contributed by atoms with Crippen LogP contribution >= 0.6 is 0 Å². The fourth-order valence-corrected chi connectivity index (χ4v) is 3.53. The second-order valence-electron chi connectivity index (χ2n) is 6.05. The number of carbonyl (C=O) groups excluding carboxylic acids is 1. The zero-order valence-electron chi connectivity index (χ0n) is 13.0. The Hall–Kier alpha value is -2.69. The number of benzene rings is 2. The third-order valence-electron chi connectivity index (χ3n) is 4.54. The van der Waals surface area contributed by atoms with E-state index in [0.717, 1.165) is 43.0 Å². The summed E-state index contributed by atoms with van der Waals surface area (Å²) in [6, 6.07) is 11.0. The van der Waals surface area contributed by atoms with Gasteiger partial charge in [0.2, 0.25) is 5.91 Å². The Labute approximate surface area is 137 Å². The number of para-hydroxylation sites is 1. The van der Waals surface area contributed by atoms with E-state index < -0.39 is 11.6 Å². The van der Waals surface area contributed by atoms with Crippen molar-refractivity contribution in [3.8, 4) is 0 Å². The Morgan fingerprint density at radius 3 is 2.83 bits per heavy atom. The summed E-state index contributed by atoms with van der Waals surface area (Å²) in [5.41, 5.74) is 3.35. The number of anilines is 1. The van der Waals surface area contributed by atoms with Crippen LogP contribution in [0.3, 0.4) is 0 Å². The zero-order chi connectivity index (χ0) is 16.7. The number of amides is 1. The zero-order valence-corrected chi connectivity index (χ0v) is 13.0. The second kappa shape index (κ2) is 5.74. The molecule has 3 nitrogen and oxygen atoms in total. The first-order chi connectivity index (χ1) is 11.6. The Morgan fingerprint density at radius 2 is 1.96 bits per heavy atom. The smallest absolute Gasteiger partial charge is 0.244 e. The molecule has 1 aromatic heterocycles. The first-order valence-corrected chi connectivity index (χ1v) is 7.97. The van der Waals surface area contributed by atoms with Crippen LogP contribution in [0.1, 0.15) is 17.7 Å². The van der Waals surface area contributed by atoms with Gasteiger partial charge in [-0.1, -0.05) is 18.2 Å². The van der Waals surface area contributed by atoms with E-state index in [0.29, 0.717) is 0 Å². The van der Waals surface area contributed by atoms with E-state index in [-0.39, 0.29) is 18.1 Å². The highest BCUT2D eigenvalue weighted by Gasteiger charge is 2.22. The van der Waals surface area contributed by atoms with Crippen LogP contribution in [-0.4, -0.2) is 10.5 Å². The van der Waals surface area contributed by atoms with Gasteiger partial charge in [-0.05, 0) is 43.0 Å². The molecule has 0 unspecified atom stereocenters. The van der Waals surface area contributed by atoms with Crippen molar-refractivity contribution in [2.75, 3.05) is 5.32 Å². The fourth-order valence-electron chi connectivity index (χ4n) is 3.53. The number of rotatable bonds is 3. The lowest BCUT2D eigenvalue weighted by molar-refractivity contribution is -0.116. The van der Waals surface area contributed by atoms with Crippen molar-refractivity contribution in [3.05, 3.63) is 65.4 Å². The summed E-state index contributed by atoms with van der Waals surface area (Å²) in [4.78, 5) is 12.4. The van der Waals surface area contributed by atoms with Crippen LogP contribution in [0.2, 0.25) is 0 Å². The van der Waals surface area contributed by atoms with E-state index in [1.54, 1.807) is 0 Å². The summed E-state index contributed by atoms with van der Waals surface area (Å²) in [6.07, 6.45) is 3.03. The van der Waals surface area contributed by atoms with Crippen LogP contribution in [0.25, 0.3) is 10.9 Å². The van der Waals surface area contributed by atoms with Crippen LogP contribution in [0.4, 0.5) is 14.5 Å². The van der Waals surface area contributed by atoms with Gasteiger partial charge in [-0.15, -0.1) is 0 Å². The Morgan fingerprint density at radius 1 is 1.12 bits per heavy atom. The summed E-state index contributed by atoms with van der Waals surface area (Å²) < 4.78 is 28.9. The maximum absolute atomic E-state index is 13.7. The highest BCUT2D eigenvalue weighted by atomic mass is 19.1. The lowest BCUT2D eigenvalue weighted by Crippen LogP contribution is -2.20. The summed E-state index contributed by atoms with van der Waals surface area (Å²) in [6.45, 7) is 0.0891. The van der Waals surface area contributed by atoms with Crippen molar-refractivity contribution in [2.45, 2.75) is 25.8 Å². The van der Waals surface area contributed by atoms with Crippen LogP contribution in [0, 0.1) is 11.6 Å². The minimum absolute atomic E-state index is 0.0891. The third-order valence-corrected chi connectivity index (χ3v) is 4.54. The molecule has 0 saturated carbocycles. The molecule has 5 heteroatoms. The molecule has 2 aromatic carbocycles. The van der Waals surface area contributed by atoms with Gasteiger partial charge in [-0.25, -0.2) is 8.78 Å². The van der Waals surface area contributed by atoms with E-state index in [9.17, 15) is 13.6 Å². The Balaban J connectivity index is 1.65. The first-order valence-electron chi connectivity index (χ1n) is 7.97. The molecule has 0 bridgehead atoms. The van der Waals surface area contributed by atoms with Crippen LogP contribution in [0.15, 0.2) is 42.5 Å². The Kier molecular flexibility index (Phi) is 3.56. The summed E-state index contributed by atoms with van der Waals surface area (Å²) in [7, 11) is 0. The molecule has 4 rings (SSSR count). The number of nitrogens with zero attached hydrogens (tertiary/aromatic N) is 1. The molecule has 1 amide bonds. The molecule has 0 fully saturated rings. The van der Waals surface area contributed by atoms with Gasteiger partial charge in [-0.3, -0.25) is 4.79 Å². The van der Waals surface area contributed by atoms with Gasteiger partial charge in [0.25, 0.3) is 0 Å². The summed E-state index contributed by atoms with van der Waals surface area (Å²) in [5.74, 6) is -1.60. The van der Waals surface area contributed by atoms with Gasteiger partial charge in [0, 0.05) is 22.7 Å². The van der Waals surface area contributed by atoms with Crippen molar-refractivity contribution >= 4 is 22.5 Å². The molecular weight excluding hydrogens is 310 g/mol. The quantitative estimate of drug-likeness (QED) is 0.774. The van der Waals surface area contributed by atoms with Gasteiger partial charge >= 0.3 is 0 Å². The molecule has 1 aliphatic carbocycles. The van der Waals surface area contributed by atoms with E-state index >= 15 is 0 Å². The molecule has 24 heavy (non-hydrogen) atoms. The minimum Gasteiger partial charge on any atom is -0.335 e. The summed E-state index contributed by atoms with van der Waals surface area (Å²) in [5, 5.41) is 3.65. The van der Waals surface area contributed by atoms with Gasteiger partial charge in [-0.2, -0.15) is 0 Å². The number of nitrogens with one attached hydrogen (secondary N) is 1. The van der Waals surface area contributed by atoms with Gasteiger partial charge in [0.1, 0.15) is 18.2 Å². The van der Waals surface area contributed by atoms with Crippen molar-refractivity contribution in [1.82, 2.24) is 4.57 Å². The molecule has 0 spiro atoms. The van der Waals surface area contributed by atoms with Crippen LogP contribution in [0.5, 0.6) is 0 Å². The number of hydrogen-bond donors (Lipinski definition) is 1. The lowest BCUT2D eigenvalue weighted by Gasteiger charge is -2.11. The molecule has 1 heterocycles. The van der Waals surface area contributed by atoms with Gasteiger partial charge < -0.3 is 9.88 Å². The molecule has 1 aliphatic rings. The molecule has 1 N–H and O–H groups in total. The predicted molar refractivity (Wildman–Crippen MR) is 89.0 cm³/mol. The molecule has 0 atom stereocenters. The molecule has 0 radical (unpaired) electrons. The van der Waals surface area contributed by atoms with E-state index in [1.165, 1.54) is 16.6 Å². The van der Waals surface area contributed by atoms with Crippen LogP contribution in [-0.2, 0) is 24.2 Å². The SMILES string of the molecule is O=C(Cn1c2c(c3ccccc31)CCC2)Nc1cc(F)ccc1F. The number of aryl methyl sites for hydroxylation is 1. The topological polar surface area (TPSA) is 34.0 Å². The third kappa shape index (κ3) is 2.46. The molecule has 122 valence electrons. The number of aromatic nitrogens is 1. The van der Waals surface area contributed by atoms with E-state index in [1.807, 2.05) is 22.8 Å². The standard InChI is InChI=1S/C19H16F2N2O/c20-12-8-9-15(21)16(10-12)22-19(24)11-23-17-6-2-1-4-13(17)14-5-3-7-18(14)23/h1-2,4,6,8-10H,3,5,7,11H2,(H,22,24).